The molecule has 25 heavy (non-hydrogen) atoms. The molecular weight excluding hydrogens is 316 g/mol. The maximum atomic E-state index is 12.6. The quantitative estimate of drug-likeness (QED) is 0.857. The van der Waals surface area contributed by atoms with Gasteiger partial charge < -0.3 is 9.64 Å². The molecule has 0 spiro atoms. The van der Waals surface area contributed by atoms with E-state index >= 15 is 0 Å². The summed E-state index contributed by atoms with van der Waals surface area (Å²) < 4.78 is 6.24. The van der Waals surface area contributed by atoms with Crippen molar-refractivity contribution in [2.45, 2.75) is 38.4 Å². The lowest BCUT2D eigenvalue weighted by atomic mass is 9.91. The molecule has 4 rings (SSSR count). The molecule has 2 aromatic rings. The van der Waals surface area contributed by atoms with Crippen molar-refractivity contribution in [3.63, 3.8) is 0 Å². The molecule has 6 nitrogen and oxygen atoms in total. The van der Waals surface area contributed by atoms with E-state index in [9.17, 15) is 4.79 Å². The minimum atomic E-state index is 0.0162. The van der Waals surface area contributed by atoms with Gasteiger partial charge in [-0.15, -0.1) is 0 Å². The second-order valence-electron chi connectivity index (χ2n) is 6.81. The van der Waals surface area contributed by atoms with E-state index in [1.54, 1.807) is 12.4 Å². The Labute approximate surface area is 147 Å². The van der Waals surface area contributed by atoms with Gasteiger partial charge in [-0.05, 0) is 43.9 Å². The number of pyridine rings is 1. The lowest BCUT2D eigenvalue weighted by Crippen LogP contribution is -2.45. The minimum absolute atomic E-state index is 0.0162. The van der Waals surface area contributed by atoms with Gasteiger partial charge in [-0.3, -0.25) is 9.78 Å². The van der Waals surface area contributed by atoms with Crippen LogP contribution in [0.1, 0.15) is 36.2 Å². The number of rotatable bonds is 3. The average Bonchev–Trinajstić information content (AvgIpc) is 3.06. The second-order valence-corrected chi connectivity index (χ2v) is 6.81. The summed E-state index contributed by atoms with van der Waals surface area (Å²) in [6, 6.07) is 7.60. The molecule has 130 valence electrons. The lowest BCUT2D eigenvalue weighted by Gasteiger charge is -2.34. The van der Waals surface area contributed by atoms with Gasteiger partial charge in [0.15, 0.2) is 0 Å². The van der Waals surface area contributed by atoms with Gasteiger partial charge in [0.1, 0.15) is 11.9 Å². The predicted octanol–water partition coefficient (Wildman–Crippen LogP) is 2.10. The lowest BCUT2D eigenvalue weighted by molar-refractivity contribution is -0.135. The molecule has 1 amide bonds. The first-order valence-corrected chi connectivity index (χ1v) is 8.82. The Balaban J connectivity index is 1.39. The number of aryl methyl sites for hydroxylation is 1. The summed E-state index contributed by atoms with van der Waals surface area (Å²) in [7, 11) is 0. The Morgan fingerprint density at radius 3 is 3.00 bits per heavy atom. The van der Waals surface area contributed by atoms with Crippen molar-refractivity contribution >= 4 is 5.91 Å². The number of likely N-dealkylation sites (tertiary alicyclic amines) is 1. The average molecular weight is 338 g/mol. The van der Waals surface area contributed by atoms with E-state index in [4.69, 9.17) is 4.74 Å². The summed E-state index contributed by atoms with van der Waals surface area (Å²) in [5, 5.41) is 0. The van der Waals surface area contributed by atoms with Crippen molar-refractivity contribution in [1.82, 2.24) is 19.9 Å². The molecule has 0 radical (unpaired) electrons. The van der Waals surface area contributed by atoms with Gasteiger partial charge in [0.25, 0.3) is 0 Å². The third-order valence-corrected chi connectivity index (χ3v) is 5.09. The van der Waals surface area contributed by atoms with Gasteiger partial charge >= 0.3 is 0 Å². The van der Waals surface area contributed by atoms with Gasteiger partial charge in [0.05, 0.1) is 18.2 Å². The number of fused-ring (bicyclic) bond motifs is 1. The highest BCUT2D eigenvalue weighted by Gasteiger charge is 2.41. The van der Waals surface area contributed by atoms with E-state index in [1.165, 1.54) is 0 Å². The topological polar surface area (TPSA) is 68.2 Å². The number of amides is 1. The van der Waals surface area contributed by atoms with E-state index in [0.29, 0.717) is 18.9 Å². The molecule has 2 fully saturated rings. The third kappa shape index (κ3) is 3.54. The molecule has 0 aromatic carbocycles. The van der Waals surface area contributed by atoms with Crippen LogP contribution in [0.3, 0.4) is 0 Å². The zero-order valence-corrected chi connectivity index (χ0v) is 14.3. The summed E-state index contributed by atoms with van der Waals surface area (Å²) in [6.45, 7) is 3.35. The molecular formula is C19H22N4O2. The van der Waals surface area contributed by atoms with E-state index in [-0.39, 0.29) is 18.1 Å². The highest BCUT2D eigenvalue weighted by molar-refractivity contribution is 5.78. The number of hydrogen-bond acceptors (Lipinski definition) is 5. The first-order chi connectivity index (χ1) is 12.2. The maximum absolute atomic E-state index is 12.6. The third-order valence-electron chi connectivity index (χ3n) is 5.09. The smallest absolute Gasteiger partial charge is 0.228 e. The molecule has 2 aliphatic heterocycles. The van der Waals surface area contributed by atoms with Crippen LogP contribution in [-0.4, -0.2) is 45.0 Å². The number of nitrogens with zero attached hydrogens (tertiary/aromatic N) is 4. The van der Waals surface area contributed by atoms with E-state index in [0.717, 1.165) is 36.6 Å². The van der Waals surface area contributed by atoms with E-state index < -0.39 is 0 Å². The van der Waals surface area contributed by atoms with Crippen molar-refractivity contribution in [3.8, 4) is 0 Å². The van der Waals surface area contributed by atoms with Crippen LogP contribution in [0.5, 0.6) is 0 Å². The van der Waals surface area contributed by atoms with Gasteiger partial charge in [0, 0.05) is 31.2 Å². The predicted molar refractivity (Wildman–Crippen MR) is 91.6 cm³/mol. The Morgan fingerprint density at radius 1 is 1.28 bits per heavy atom. The molecule has 0 unspecified atom stereocenters. The van der Waals surface area contributed by atoms with Gasteiger partial charge in [-0.1, -0.05) is 6.07 Å². The Kier molecular flexibility index (Phi) is 4.44. The molecule has 0 aliphatic carbocycles. The van der Waals surface area contributed by atoms with E-state index in [2.05, 4.69) is 15.0 Å². The van der Waals surface area contributed by atoms with Crippen LogP contribution in [0.25, 0.3) is 0 Å². The van der Waals surface area contributed by atoms with Crippen LogP contribution in [0.2, 0.25) is 0 Å². The highest BCUT2D eigenvalue weighted by Crippen LogP contribution is 2.40. The molecule has 2 saturated heterocycles. The van der Waals surface area contributed by atoms with Crippen LogP contribution in [0.4, 0.5) is 0 Å². The molecule has 2 aromatic heterocycles. The zero-order valence-electron chi connectivity index (χ0n) is 14.3. The Morgan fingerprint density at radius 2 is 2.20 bits per heavy atom. The van der Waals surface area contributed by atoms with Crippen LogP contribution >= 0.6 is 0 Å². The summed E-state index contributed by atoms with van der Waals surface area (Å²) >= 11 is 0. The molecule has 2 aliphatic rings. The Bertz CT molecular complexity index is 752. The fourth-order valence-corrected chi connectivity index (χ4v) is 3.77. The second kappa shape index (κ2) is 6.88. The number of ether oxygens (including phenoxy) is 1. The minimum Gasteiger partial charge on any atom is -0.367 e. The first-order valence-electron chi connectivity index (χ1n) is 8.82. The van der Waals surface area contributed by atoms with Crippen molar-refractivity contribution in [2.75, 3.05) is 13.1 Å². The summed E-state index contributed by atoms with van der Waals surface area (Å²) in [4.78, 5) is 27.4. The van der Waals surface area contributed by atoms with Crippen molar-refractivity contribution < 1.29 is 9.53 Å². The molecule has 0 bridgehead atoms. The summed E-state index contributed by atoms with van der Waals surface area (Å²) in [5.74, 6) is 1.39. The first kappa shape index (κ1) is 16.1. The van der Waals surface area contributed by atoms with Gasteiger partial charge in [-0.25, -0.2) is 9.97 Å². The standard InChI is InChI=1S/C19H22N4O2/c1-13-20-8-5-16(22-13)17-10-14-6-9-23(12-18(14)25-17)19(24)11-15-4-2-3-7-21-15/h2-5,7-8,14,17-18H,6,9-12H2,1H3/t14-,17-,18+/m0/s1. The van der Waals surface area contributed by atoms with Crippen LogP contribution in [-0.2, 0) is 16.0 Å². The van der Waals surface area contributed by atoms with Crippen LogP contribution in [0, 0.1) is 12.8 Å². The van der Waals surface area contributed by atoms with Gasteiger partial charge in [0.2, 0.25) is 5.91 Å². The summed E-state index contributed by atoms with van der Waals surface area (Å²) in [5.41, 5.74) is 1.77. The maximum Gasteiger partial charge on any atom is 0.228 e. The van der Waals surface area contributed by atoms with Crippen LogP contribution in [0.15, 0.2) is 36.7 Å². The fourth-order valence-electron chi connectivity index (χ4n) is 3.77. The number of hydrogen-bond donors (Lipinski definition) is 0. The molecule has 6 heteroatoms. The van der Waals surface area contributed by atoms with Crippen molar-refractivity contribution in [2.24, 2.45) is 5.92 Å². The van der Waals surface area contributed by atoms with E-state index in [1.807, 2.05) is 36.1 Å². The number of carbonyl (C=O) groups excluding carboxylic acids is 1. The number of aromatic nitrogens is 3. The Hall–Kier alpha value is -2.34. The highest BCUT2D eigenvalue weighted by atomic mass is 16.5. The van der Waals surface area contributed by atoms with Gasteiger partial charge in [-0.2, -0.15) is 0 Å². The monoisotopic (exact) mass is 338 g/mol. The number of carbonyl (C=O) groups is 1. The largest absolute Gasteiger partial charge is 0.367 e. The van der Waals surface area contributed by atoms with Crippen LogP contribution < -0.4 is 0 Å². The fraction of sp³-hybridized carbons (Fsp3) is 0.474. The molecule has 0 saturated carbocycles. The number of piperidine rings is 1. The molecule has 3 atom stereocenters. The van der Waals surface area contributed by atoms with Crippen molar-refractivity contribution in [1.29, 1.82) is 0 Å². The van der Waals surface area contributed by atoms with Crippen molar-refractivity contribution in [3.05, 3.63) is 53.9 Å². The molecule has 4 heterocycles. The zero-order chi connectivity index (χ0) is 17.2. The normalized spacial score (nSPS) is 25.6. The summed E-state index contributed by atoms with van der Waals surface area (Å²) in [6.07, 6.45) is 5.94. The molecule has 0 N–H and O–H groups in total. The SMILES string of the molecule is Cc1nccc([C@@H]2C[C@@H]3CCN(C(=O)Cc4ccccn4)C[C@H]3O2)n1.